The van der Waals surface area contributed by atoms with E-state index in [0.29, 0.717) is 31.0 Å². The third kappa shape index (κ3) is 5.66. The van der Waals surface area contributed by atoms with Gasteiger partial charge in [0.1, 0.15) is 18.0 Å². The summed E-state index contributed by atoms with van der Waals surface area (Å²) in [5.74, 6) is 0.00888. The number of piperazine rings is 1. The Kier molecular flexibility index (Phi) is 8.35. The Hall–Kier alpha value is -2.61. The summed E-state index contributed by atoms with van der Waals surface area (Å²) >= 11 is 6.38. The number of aliphatic hydroxyl groups is 1. The van der Waals surface area contributed by atoms with Gasteiger partial charge in [0.2, 0.25) is 11.8 Å². The number of carbonyl (C=O) groups is 2. The molecule has 1 aromatic carbocycles. The van der Waals surface area contributed by atoms with E-state index in [2.05, 4.69) is 6.58 Å². The summed E-state index contributed by atoms with van der Waals surface area (Å²) in [4.78, 5) is 30.3. The summed E-state index contributed by atoms with van der Waals surface area (Å²) in [6.07, 6.45) is 6.57. The smallest absolute Gasteiger partial charge is 0.246 e. The molecule has 0 aliphatic carbocycles. The highest BCUT2D eigenvalue weighted by molar-refractivity contribution is 6.31. The van der Waals surface area contributed by atoms with Crippen LogP contribution < -0.4 is 0 Å². The van der Waals surface area contributed by atoms with Crippen LogP contribution in [0.5, 0.6) is 0 Å². The molecule has 2 heterocycles. The summed E-state index contributed by atoms with van der Waals surface area (Å²) in [7, 11) is 3.83. The molecule has 3 rings (SSSR count). The van der Waals surface area contributed by atoms with Gasteiger partial charge in [-0.25, -0.2) is 10.0 Å². The molecular formula is C25H33ClN4O3. The molecule has 0 spiro atoms. The van der Waals surface area contributed by atoms with Crippen molar-refractivity contribution in [1.82, 2.24) is 19.8 Å². The van der Waals surface area contributed by atoms with Gasteiger partial charge in [-0.2, -0.15) is 0 Å². The first kappa shape index (κ1) is 25.0. The fourth-order valence-electron chi connectivity index (χ4n) is 4.38. The van der Waals surface area contributed by atoms with Gasteiger partial charge >= 0.3 is 0 Å². The van der Waals surface area contributed by atoms with Crippen LogP contribution in [0.3, 0.4) is 0 Å². The molecule has 0 bridgehead atoms. The molecule has 2 amide bonds. The molecular weight excluding hydrogens is 440 g/mol. The first-order chi connectivity index (χ1) is 15.8. The third-order valence-corrected chi connectivity index (χ3v) is 6.80. The number of allylic oxidation sites excluding steroid dienone is 3. The molecule has 1 aromatic rings. The second-order valence-electron chi connectivity index (χ2n) is 8.49. The number of rotatable bonds is 8. The summed E-state index contributed by atoms with van der Waals surface area (Å²) in [5.41, 5.74) is 1.95. The van der Waals surface area contributed by atoms with E-state index in [4.69, 9.17) is 11.6 Å². The maximum atomic E-state index is 13.7. The highest BCUT2D eigenvalue weighted by Crippen LogP contribution is 2.30. The van der Waals surface area contributed by atoms with E-state index in [9.17, 15) is 14.7 Å². The number of hydrogen-bond acceptors (Lipinski definition) is 5. The first-order valence-electron chi connectivity index (χ1n) is 11.2. The number of hydrogen-bond donors (Lipinski definition) is 1. The Labute approximate surface area is 201 Å². The van der Waals surface area contributed by atoms with Crippen LogP contribution in [0, 0.1) is 0 Å². The minimum absolute atomic E-state index is 0.0454. The van der Waals surface area contributed by atoms with Crippen LogP contribution in [-0.4, -0.2) is 76.1 Å². The van der Waals surface area contributed by atoms with Gasteiger partial charge < -0.3 is 14.9 Å². The molecule has 7 nitrogen and oxygen atoms in total. The Morgan fingerprint density at radius 1 is 1.24 bits per heavy atom. The monoisotopic (exact) mass is 472 g/mol. The maximum absolute atomic E-state index is 13.7. The number of likely N-dealkylation sites (N-methyl/N-ethyl adjacent to an activating group) is 2. The number of hydrazine groups is 1. The summed E-state index contributed by atoms with van der Waals surface area (Å²) in [5, 5.41) is 14.2. The molecule has 0 aromatic heterocycles. The zero-order valence-corrected chi connectivity index (χ0v) is 20.3. The van der Waals surface area contributed by atoms with E-state index in [1.165, 1.54) is 6.08 Å². The van der Waals surface area contributed by atoms with E-state index in [0.717, 1.165) is 17.6 Å². The van der Waals surface area contributed by atoms with Gasteiger partial charge in [0.25, 0.3) is 0 Å². The molecule has 2 aliphatic rings. The quantitative estimate of drug-likeness (QED) is 0.354. The molecule has 8 heteroatoms. The normalized spacial score (nSPS) is 23.2. The van der Waals surface area contributed by atoms with Crippen LogP contribution in [0.4, 0.5) is 0 Å². The van der Waals surface area contributed by atoms with Crippen LogP contribution in [-0.2, 0) is 16.1 Å². The number of fused-ring (bicyclic) bond motifs is 1. The summed E-state index contributed by atoms with van der Waals surface area (Å²) in [6.45, 7) is 6.63. The molecule has 178 valence electrons. The number of benzene rings is 1. The lowest BCUT2D eigenvalue weighted by Gasteiger charge is -2.54. The van der Waals surface area contributed by atoms with Gasteiger partial charge in [0, 0.05) is 25.7 Å². The van der Waals surface area contributed by atoms with E-state index < -0.39 is 6.04 Å². The molecule has 33 heavy (non-hydrogen) atoms. The van der Waals surface area contributed by atoms with Gasteiger partial charge in [-0.3, -0.25) is 9.59 Å². The third-order valence-electron chi connectivity index (χ3n) is 6.43. The number of aliphatic hydroxyl groups excluding tert-OH is 1. The Balaban J connectivity index is 1.91. The van der Waals surface area contributed by atoms with Crippen LogP contribution in [0.1, 0.15) is 31.7 Å². The molecule has 2 aliphatic heterocycles. The zero-order valence-electron chi connectivity index (χ0n) is 19.6. The fraction of sp³-hybridized carbons (Fsp3) is 0.440. The van der Waals surface area contributed by atoms with Gasteiger partial charge in [0.05, 0.1) is 13.1 Å². The Morgan fingerprint density at radius 3 is 2.64 bits per heavy atom. The van der Waals surface area contributed by atoms with Gasteiger partial charge in [-0.1, -0.05) is 55.0 Å². The number of amides is 2. The molecule has 0 saturated carbocycles. The SMILES string of the molecule is C=C/C(O)=C\C/C=C(\CC)C[C@H]1C(=O)N(Cc2ccccc2Cl)CC2N1C(=O)CN(C)N2C. The van der Waals surface area contributed by atoms with Crippen molar-refractivity contribution in [2.45, 2.75) is 44.9 Å². The fourth-order valence-corrected chi connectivity index (χ4v) is 4.57. The van der Waals surface area contributed by atoms with E-state index in [-0.39, 0.29) is 30.3 Å². The maximum Gasteiger partial charge on any atom is 0.246 e. The average Bonchev–Trinajstić information content (AvgIpc) is 2.80. The zero-order chi connectivity index (χ0) is 24.1. The lowest BCUT2D eigenvalue weighted by Crippen LogP contribution is -2.73. The molecule has 1 N–H and O–H groups in total. The van der Waals surface area contributed by atoms with Crippen LogP contribution in [0.2, 0.25) is 5.02 Å². The number of carbonyl (C=O) groups excluding carboxylic acids is 2. The summed E-state index contributed by atoms with van der Waals surface area (Å²) < 4.78 is 0. The second-order valence-corrected chi connectivity index (χ2v) is 8.89. The predicted octanol–water partition coefficient (Wildman–Crippen LogP) is 3.74. The van der Waals surface area contributed by atoms with Crippen LogP contribution >= 0.6 is 11.6 Å². The van der Waals surface area contributed by atoms with Crippen molar-refractivity contribution >= 4 is 23.4 Å². The molecule has 2 atom stereocenters. The van der Waals surface area contributed by atoms with E-state index in [1.54, 1.807) is 11.0 Å². The van der Waals surface area contributed by atoms with Gasteiger partial charge in [-0.15, -0.1) is 0 Å². The van der Waals surface area contributed by atoms with Gasteiger partial charge in [-0.05, 0) is 43.0 Å². The Bertz CT molecular complexity index is 961. The standard InChI is InChI=1S/C25H33ClN4O3/c1-5-18(10-9-12-20(31)6-2)14-22-25(33)29(15-19-11-7-8-13-21(19)26)16-23-28(4)27(3)17-24(32)30(22)23/h6-8,10-13,22-23,31H,2,5,9,14-17H2,1,3-4H3/b18-10+,20-12+/t22-,23?/m0/s1. The lowest BCUT2D eigenvalue weighted by atomic mass is 9.96. The minimum atomic E-state index is -0.585. The average molecular weight is 473 g/mol. The van der Waals surface area contributed by atoms with E-state index in [1.807, 2.05) is 66.3 Å². The highest BCUT2D eigenvalue weighted by Gasteiger charge is 2.48. The van der Waals surface area contributed by atoms with Crippen molar-refractivity contribution in [3.8, 4) is 0 Å². The minimum Gasteiger partial charge on any atom is -0.508 e. The van der Waals surface area contributed by atoms with Crippen molar-refractivity contribution in [3.63, 3.8) is 0 Å². The van der Waals surface area contributed by atoms with Crippen LogP contribution in [0.15, 0.2) is 60.4 Å². The van der Waals surface area contributed by atoms with Gasteiger partial charge in [0.15, 0.2) is 0 Å². The molecule has 0 radical (unpaired) electrons. The molecule has 2 fully saturated rings. The first-order valence-corrected chi connectivity index (χ1v) is 11.6. The topological polar surface area (TPSA) is 67.3 Å². The lowest BCUT2D eigenvalue weighted by molar-refractivity contribution is -0.193. The van der Waals surface area contributed by atoms with Crippen molar-refractivity contribution in [1.29, 1.82) is 0 Å². The number of halogens is 1. The van der Waals surface area contributed by atoms with Crippen molar-refractivity contribution in [2.24, 2.45) is 0 Å². The summed E-state index contributed by atoms with van der Waals surface area (Å²) in [6, 6.07) is 6.94. The molecule has 1 unspecified atom stereocenters. The van der Waals surface area contributed by atoms with Crippen molar-refractivity contribution in [2.75, 3.05) is 27.2 Å². The predicted molar refractivity (Wildman–Crippen MR) is 130 cm³/mol. The second kappa shape index (κ2) is 11.0. The van der Waals surface area contributed by atoms with Crippen LogP contribution in [0.25, 0.3) is 0 Å². The molecule has 2 saturated heterocycles. The number of nitrogens with zero attached hydrogens (tertiary/aromatic N) is 4. The highest BCUT2D eigenvalue weighted by atomic mass is 35.5. The van der Waals surface area contributed by atoms with Crippen molar-refractivity contribution in [3.05, 3.63) is 71.0 Å². The Morgan fingerprint density at radius 2 is 1.97 bits per heavy atom. The van der Waals surface area contributed by atoms with E-state index >= 15 is 0 Å². The van der Waals surface area contributed by atoms with Crippen molar-refractivity contribution < 1.29 is 14.7 Å². The largest absolute Gasteiger partial charge is 0.508 e.